The number of ketones is 1. The van der Waals surface area contributed by atoms with Crippen LogP contribution >= 0.6 is 11.8 Å². The molecule has 0 radical (unpaired) electrons. The molecule has 3 heteroatoms. The monoisotopic (exact) mass is 389 g/mol. The predicted molar refractivity (Wildman–Crippen MR) is 114 cm³/mol. The normalized spacial score (nSPS) is 55.1. The van der Waals surface area contributed by atoms with Crippen LogP contribution in [0.3, 0.4) is 0 Å². The fourth-order valence-electron chi connectivity index (χ4n) is 8.51. The molecule has 1 N–H and O–H groups in total. The van der Waals surface area contributed by atoms with Gasteiger partial charge in [-0.15, -0.1) is 0 Å². The van der Waals surface area contributed by atoms with Gasteiger partial charge in [0.25, 0.3) is 0 Å². The van der Waals surface area contributed by atoms with E-state index in [-0.39, 0.29) is 5.41 Å². The van der Waals surface area contributed by atoms with Crippen LogP contribution in [0.5, 0.6) is 0 Å². The van der Waals surface area contributed by atoms with E-state index in [9.17, 15) is 4.79 Å². The summed E-state index contributed by atoms with van der Waals surface area (Å²) < 4.78 is 0. The number of nitrogens with one attached hydrogen (secondary N) is 1. The molecule has 1 heterocycles. The Kier molecular flexibility index (Phi) is 4.75. The molecule has 0 aromatic rings. The minimum atomic E-state index is 0.0289. The highest BCUT2D eigenvalue weighted by atomic mass is 32.2. The summed E-state index contributed by atoms with van der Waals surface area (Å²) in [4.78, 5) is 12.7. The Morgan fingerprint density at radius 3 is 2.63 bits per heavy atom. The molecule has 152 valence electrons. The van der Waals surface area contributed by atoms with Gasteiger partial charge in [-0.3, -0.25) is 4.79 Å². The van der Waals surface area contributed by atoms with Gasteiger partial charge in [0.2, 0.25) is 0 Å². The highest BCUT2D eigenvalue weighted by Crippen LogP contribution is 2.67. The number of carbonyl (C=O) groups is 1. The van der Waals surface area contributed by atoms with Gasteiger partial charge in [0.15, 0.2) is 0 Å². The van der Waals surface area contributed by atoms with Crippen LogP contribution in [0.2, 0.25) is 0 Å². The van der Waals surface area contributed by atoms with Gasteiger partial charge >= 0.3 is 0 Å². The molecule has 0 spiro atoms. The lowest BCUT2D eigenvalue weighted by Gasteiger charge is -2.62. The second kappa shape index (κ2) is 6.76. The summed E-state index contributed by atoms with van der Waals surface area (Å²) >= 11 is 2.32. The van der Waals surface area contributed by atoms with Crippen LogP contribution in [0.4, 0.5) is 0 Å². The van der Waals surface area contributed by atoms with Crippen LogP contribution in [0.15, 0.2) is 0 Å². The van der Waals surface area contributed by atoms with Gasteiger partial charge in [0, 0.05) is 28.9 Å². The Balaban J connectivity index is 1.34. The highest BCUT2D eigenvalue weighted by Gasteiger charge is 2.61. The van der Waals surface area contributed by atoms with E-state index in [2.05, 4.69) is 37.8 Å². The molecule has 5 fully saturated rings. The molecule has 0 amide bonds. The molecule has 0 aromatic carbocycles. The maximum atomic E-state index is 12.7. The van der Waals surface area contributed by atoms with E-state index in [0.29, 0.717) is 17.1 Å². The molecule has 0 aromatic heterocycles. The van der Waals surface area contributed by atoms with Crippen molar-refractivity contribution in [3.05, 3.63) is 0 Å². The molecular formula is C24H39NOS. The Morgan fingerprint density at radius 2 is 1.85 bits per heavy atom. The van der Waals surface area contributed by atoms with Gasteiger partial charge in [0.05, 0.1) is 0 Å². The SMILES string of the molecule is C[C@@H]1CC2C[C@H](S[C@H]3CCNC3)CC[C@]2(C)[C@H]2CC[C@]3(C)C(=O)CC[C@H]3[C@H]12. The largest absolute Gasteiger partial charge is 0.316 e. The molecule has 5 rings (SSSR count). The van der Waals surface area contributed by atoms with Crippen molar-refractivity contribution in [2.75, 3.05) is 13.1 Å². The smallest absolute Gasteiger partial charge is 0.139 e. The molecule has 1 saturated heterocycles. The number of Topliss-reactive ketones (excluding diaryl/α,β-unsaturated/α-hetero) is 1. The van der Waals surface area contributed by atoms with Gasteiger partial charge in [-0.05, 0) is 92.9 Å². The Hall–Kier alpha value is -0.0200. The van der Waals surface area contributed by atoms with Crippen molar-refractivity contribution in [3.63, 3.8) is 0 Å². The van der Waals surface area contributed by atoms with Crippen LogP contribution in [-0.2, 0) is 4.79 Å². The molecule has 1 unspecified atom stereocenters. The molecular weight excluding hydrogens is 350 g/mol. The Bertz CT molecular complexity index is 601. The molecule has 0 bridgehead atoms. The first-order valence-corrected chi connectivity index (χ1v) is 12.8. The zero-order valence-electron chi connectivity index (χ0n) is 17.6. The first-order valence-electron chi connectivity index (χ1n) is 11.8. The fourth-order valence-corrected chi connectivity index (χ4v) is 10.1. The van der Waals surface area contributed by atoms with E-state index >= 15 is 0 Å². The van der Waals surface area contributed by atoms with Crippen molar-refractivity contribution >= 4 is 17.5 Å². The zero-order valence-corrected chi connectivity index (χ0v) is 18.5. The number of hydrogen-bond donors (Lipinski definition) is 1. The van der Waals surface area contributed by atoms with E-state index in [0.717, 1.165) is 40.6 Å². The number of fused-ring (bicyclic) bond motifs is 5. The fraction of sp³-hybridized carbons (Fsp3) is 0.958. The van der Waals surface area contributed by atoms with Crippen LogP contribution in [-0.4, -0.2) is 29.4 Å². The van der Waals surface area contributed by atoms with E-state index in [1.165, 1.54) is 64.5 Å². The molecule has 4 aliphatic carbocycles. The van der Waals surface area contributed by atoms with Crippen molar-refractivity contribution < 1.29 is 4.79 Å². The van der Waals surface area contributed by atoms with Crippen molar-refractivity contribution in [1.82, 2.24) is 5.32 Å². The highest BCUT2D eigenvalue weighted by molar-refractivity contribution is 8.00. The van der Waals surface area contributed by atoms with Gasteiger partial charge in [-0.2, -0.15) is 11.8 Å². The van der Waals surface area contributed by atoms with Crippen LogP contribution in [0.1, 0.15) is 78.6 Å². The molecule has 5 aliphatic rings. The summed E-state index contributed by atoms with van der Waals surface area (Å²) in [6.45, 7) is 10.00. The molecule has 9 atom stereocenters. The van der Waals surface area contributed by atoms with Gasteiger partial charge in [-0.1, -0.05) is 20.8 Å². The lowest BCUT2D eigenvalue weighted by molar-refractivity contribution is -0.146. The first kappa shape index (κ1) is 19.0. The van der Waals surface area contributed by atoms with Crippen LogP contribution in [0.25, 0.3) is 0 Å². The number of thioether (sulfide) groups is 1. The van der Waals surface area contributed by atoms with E-state index in [1.807, 2.05) is 0 Å². The van der Waals surface area contributed by atoms with Crippen LogP contribution < -0.4 is 5.32 Å². The lowest BCUT2D eigenvalue weighted by Crippen LogP contribution is -2.56. The lowest BCUT2D eigenvalue weighted by atomic mass is 9.43. The van der Waals surface area contributed by atoms with E-state index in [1.54, 1.807) is 0 Å². The maximum absolute atomic E-state index is 12.7. The average Bonchev–Trinajstić information content (AvgIpc) is 3.25. The summed E-state index contributed by atoms with van der Waals surface area (Å²) in [6.07, 6.45) is 11.7. The molecule has 1 aliphatic heterocycles. The number of carbonyl (C=O) groups excluding carboxylic acids is 1. The first-order chi connectivity index (χ1) is 12.9. The minimum Gasteiger partial charge on any atom is -0.316 e. The maximum Gasteiger partial charge on any atom is 0.139 e. The van der Waals surface area contributed by atoms with Gasteiger partial charge in [0.1, 0.15) is 5.78 Å². The summed E-state index contributed by atoms with van der Waals surface area (Å²) in [6, 6.07) is 0. The number of rotatable bonds is 2. The second-order valence-corrected chi connectivity index (χ2v) is 12.9. The third-order valence-electron chi connectivity index (χ3n) is 10.1. The van der Waals surface area contributed by atoms with Crippen molar-refractivity contribution in [2.24, 2.45) is 40.4 Å². The summed E-state index contributed by atoms with van der Waals surface area (Å²) in [5.74, 6) is 4.73. The van der Waals surface area contributed by atoms with E-state index in [4.69, 9.17) is 0 Å². The van der Waals surface area contributed by atoms with Gasteiger partial charge in [-0.25, -0.2) is 0 Å². The number of hydrogen-bond acceptors (Lipinski definition) is 3. The van der Waals surface area contributed by atoms with Gasteiger partial charge < -0.3 is 5.32 Å². The predicted octanol–water partition coefficient (Wildman–Crippen LogP) is 5.31. The van der Waals surface area contributed by atoms with E-state index < -0.39 is 0 Å². The van der Waals surface area contributed by atoms with Crippen molar-refractivity contribution in [1.29, 1.82) is 0 Å². The summed E-state index contributed by atoms with van der Waals surface area (Å²) in [5.41, 5.74) is 0.580. The molecule has 2 nitrogen and oxygen atoms in total. The minimum absolute atomic E-state index is 0.0289. The Morgan fingerprint density at radius 1 is 1.00 bits per heavy atom. The van der Waals surface area contributed by atoms with Crippen LogP contribution in [0, 0.1) is 40.4 Å². The second-order valence-electron chi connectivity index (χ2n) is 11.3. The molecule has 4 saturated carbocycles. The molecule has 27 heavy (non-hydrogen) atoms. The standard InChI is InChI=1S/C24H39NOS/c1-15-12-16-13-17(27-18-8-11-25-14-18)6-9-23(16,2)20-7-10-24(3)19(22(15)20)4-5-21(24)26/h15-20,22,25H,4-14H2,1-3H3/t15-,16?,17-,18+,19+,20+,22+,23+,24+/m1/s1. The average molecular weight is 390 g/mol. The zero-order chi connectivity index (χ0) is 18.8. The van der Waals surface area contributed by atoms with Crippen molar-refractivity contribution in [2.45, 2.75) is 89.1 Å². The van der Waals surface area contributed by atoms with Crippen molar-refractivity contribution in [3.8, 4) is 0 Å². The third-order valence-corrected chi connectivity index (χ3v) is 11.7. The quantitative estimate of drug-likeness (QED) is 0.694. The summed E-state index contributed by atoms with van der Waals surface area (Å²) in [5, 5.41) is 5.32. The third kappa shape index (κ3) is 2.88. The Labute approximate surface area is 170 Å². The topological polar surface area (TPSA) is 29.1 Å². The summed E-state index contributed by atoms with van der Waals surface area (Å²) in [7, 11) is 0.